The number of nitrogens with zero attached hydrogens (tertiary/aromatic N) is 2. The van der Waals surface area contributed by atoms with E-state index in [0.717, 1.165) is 11.3 Å². The number of hydrogen-bond acceptors (Lipinski definition) is 4. The van der Waals surface area contributed by atoms with E-state index in [1.54, 1.807) is 4.68 Å². The molecule has 1 aliphatic rings. The largest absolute Gasteiger partial charge is 0.322 e. The van der Waals surface area contributed by atoms with Gasteiger partial charge in [0, 0.05) is 11.4 Å². The first kappa shape index (κ1) is 18.6. The maximum atomic E-state index is 12.8. The third-order valence-corrected chi connectivity index (χ3v) is 6.58. The molecule has 1 aliphatic heterocycles. The molecule has 1 saturated heterocycles. The molecule has 0 saturated carbocycles. The second-order valence-electron chi connectivity index (χ2n) is 7.89. The fourth-order valence-electron chi connectivity index (χ4n) is 3.42. The molecule has 1 amide bonds. The van der Waals surface area contributed by atoms with Crippen molar-refractivity contribution in [3.05, 3.63) is 47.3 Å². The second kappa shape index (κ2) is 6.54. The number of amides is 1. The van der Waals surface area contributed by atoms with Gasteiger partial charge >= 0.3 is 0 Å². The number of benzene rings is 1. The van der Waals surface area contributed by atoms with Crippen molar-refractivity contribution in [2.75, 3.05) is 16.8 Å². The molecule has 2 heterocycles. The van der Waals surface area contributed by atoms with E-state index in [1.807, 2.05) is 31.2 Å². The van der Waals surface area contributed by atoms with Crippen LogP contribution >= 0.6 is 0 Å². The van der Waals surface area contributed by atoms with Crippen LogP contribution in [0.1, 0.15) is 54.8 Å². The summed E-state index contributed by atoms with van der Waals surface area (Å²) in [4.78, 5) is 12.8. The smallest absolute Gasteiger partial charge is 0.259 e. The van der Waals surface area contributed by atoms with Gasteiger partial charge in [-0.15, -0.1) is 0 Å². The Bertz CT molecular complexity index is 939. The van der Waals surface area contributed by atoms with Gasteiger partial charge in [0.2, 0.25) is 0 Å². The third kappa shape index (κ3) is 3.67. The summed E-state index contributed by atoms with van der Waals surface area (Å²) in [5, 5.41) is 7.27. The number of hydrogen-bond donors (Lipinski definition) is 1. The number of aromatic nitrogens is 2. The molecule has 0 radical (unpaired) electrons. The second-order valence-corrected chi connectivity index (χ2v) is 10.1. The van der Waals surface area contributed by atoms with Crippen LogP contribution in [0.15, 0.2) is 30.5 Å². The Morgan fingerprint density at radius 2 is 1.96 bits per heavy atom. The summed E-state index contributed by atoms with van der Waals surface area (Å²) in [6.45, 7) is 8.11. The van der Waals surface area contributed by atoms with E-state index < -0.39 is 9.84 Å². The number of anilines is 1. The molecule has 1 aromatic heterocycles. The molecule has 6 nitrogen and oxygen atoms in total. The molecule has 0 aliphatic carbocycles. The van der Waals surface area contributed by atoms with Gasteiger partial charge in [-0.05, 0) is 30.4 Å². The Morgan fingerprint density at radius 3 is 2.58 bits per heavy atom. The summed E-state index contributed by atoms with van der Waals surface area (Å²) in [6.07, 6.45) is 2.06. The molecule has 1 atom stereocenters. The van der Waals surface area contributed by atoms with E-state index in [-0.39, 0.29) is 28.9 Å². The Morgan fingerprint density at radius 1 is 1.27 bits per heavy atom. The van der Waals surface area contributed by atoms with E-state index in [1.165, 1.54) is 6.20 Å². The number of carbonyl (C=O) groups is 1. The summed E-state index contributed by atoms with van der Waals surface area (Å²) in [6, 6.07) is 7.56. The van der Waals surface area contributed by atoms with Crippen LogP contribution in [-0.2, 0) is 15.3 Å². The maximum Gasteiger partial charge on any atom is 0.259 e. The van der Waals surface area contributed by atoms with E-state index in [0.29, 0.717) is 17.7 Å². The van der Waals surface area contributed by atoms with Gasteiger partial charge in [-0.2, -0.15) is 5.10 Å². The highest BCUT2D eigenvalue weighted by molar-refractivity contribution is 7.91. The molecule has 0 spiro atoms. The van der Waals surface area contributed by atoms with Crippen molar-refractivity contribution >= 4 is 21.4 Å². The van der Waals surface area contributed by atoms with Gasteiger partial charge in [-0.25, -0.2) is 8.42 Å². The van der Waals surface area contributed by atoms with Crippen LogP contribution in [0, 0.1) is 6.92 Å². The molecule has 1 unspecified atom stereocenters. The molecule has 0 bridgehead atoms. The normalized spacial score (nSPS) is 19.5. The summed E-state index contributed by atoms with van der Waals surface area (Å²) < 4.78 is 25.1. The third-order valence-electron chi connectivity index (χ3n) is 4.83. The lowest BCUT2D eigenvalue weighted by molar-refractivity contribution is 0.102. The summed E-state index contributed by atoms with van der Waals surface area (Å²) in [5.41, 5.74) is 2.90. The molecule has 26 heavy (non-hydrogen) atoms. The summed E-state index contributed by atoms with van der Waals surface area (Å²) in [5.74, 6) is 0.0345. The number of nitrogens with one attached hydrogen (secondary N) is 1. The van der Waals surface area contributed by atoms with E-state index in [4.69, 9.17) is 0 Å². The Hall–Kier alpha value is -2.15. The molecule has 1 fully saturated rings. The van der Waals surface area contributed by atoms with Gasteiger partial charge in [0.05, 0.1) is 29.3 Å². The Balaban J connectivity index is 1.85. The minimum atomic E-state index is -3.00. The number of sulfone groups is 1. The van der Waals surface area contributed by atoms with Crippen LogP contribution < -0.4 is 5.32 Å². The van der Waals surface area contributed by atoms with Gasteiger partial charge in [-0.3, -0.25) is 9.48 Å². The standard InChI is InChI=1S/C19H25N3O3S/c1-13-15(11-20-22(13)14-9-10-26(24,25)12-14)18(23)21-17-8-6-5-7-16(17)19(2,3)4/h5-8,11,14H,9-10,12H2,1-4H3,(H,21,23). The molecule has 2 aromatic rings. The highest BCUT2D eigenvalue weighted by Gasteiger charge is 2.31. The minimum absolute atomic E-state index is 0.0867. The van der Waals surface area contributed by atoms with Gasteiger partial charge in [0.25, 0.3) is 5.91 Å². The first-order valence-corrected chi connectivity index (χ1v) is 10.6. The first-order chi connectivity index (χ1) is 12.1. The van der Waals surface area contributed by atoms with Crippen LogP contribution in [-0.4, -0.2) is 35.6 Å². The van der Waals surface area contributed by atoms with Crippen LogP contribution in [0.25, 0.3) is 0 Å². The van der Waals surface area contributed by atoms with Crippen molar-refractivity contribution < 1.29 is 13.2 Å². The van der Waals surface area contributed by atoms with Crippen LogP contribution in [0.3, 0.4) is 0 Å². The zero-order valence-corrected chi connectivity index (χ0v) is 16.4. The average Bonchev–Trinajstić information content (AvgIpc) is 3.09. The highest BCUT2D eigenvalue weighted by atomic mass is 32.2. The van der Waals surface area contributed by atoms with Crippen LogP contribution in [0.2, 0.25) is 0 Å². The average molecular weight is 375 g/mol. The molecular weight excluding hydrogens is 350 g/mol. The first-order valence-electron chi connectivity index (χ1n) is 8.74. The lowest BCUT2D eigenvalue weighted by Gasteiger charge is -2.23. The topological polar surface area (TPSA) is 81.1 Å². The van der Waals surface area contributed by atoms with Crippen molar-refractivity contribution in [2.45, 2.75) is 45.6 Å². The van der Waals surface area contributed by atoms with Crippen molar-refractivity contribution in [3.8, 4) is 0 Å². The SMILES string of the molecule is Cc1c(C(=O)Nc2ccccc2C(C)(C)C)cnn1C1CCS(=O)(=O)C1. The zero-order chi connectivity index (χ0) is 19.1. The van der Waals surface area contributed by atoms with Crippen molar-refractivity contribution in [1.82, 2.24) is 9.78 Å². The van der Waals surface area contributed by atoms with Crippen molar-refractivity contribution in [2.24, 2.45) is 0 Å². The van der Waals surface area contributed by atoms with E-state index in [2.05, 4.69) is 31.2 Å². The van der Waals surface area contributed by atoms with Crippen LogP contribution in [0.4, 0.5) is 5.69 Å². The Kier molecular flexibility index (Phi) is 4.69. The molecule has 1 N–H and O–H groups in total. The van der Waals surface area contributed by atoms with Crippen molar-refractivity contribution in [1.29, 1.82) is 0 Å². The minimum Gasteiger partial charge on any atom is -0.322 e. The number of para-hydroxylation sites is 1. The summed E-state index contributed by atoms with van der Waals surface area (Å²) in [7, 11) is -3.00. The fourth-order valence-corrected chi connectivity index (χ4v) is 5.11. The predicted octanol–water partition coefficient (Wildman–Crippen LogP) is 3.10. The number of carbonyl (C=O) groups excluding carboxylic acids is 1. The van der Waals surface area contributed by atoms with E-state index >= 15 is 0 Å². The summed E-state index contributed by atoms with van der Waals surface area (Å²) >= 11 is 0. The van der Waals surface area contributed by atoms with Gasteiger partial charge in [-0.1, -0.05) is 39.0 Å². The molecule has 140 valence electrons. The Labute approximate surface area is 154 Å². The molecule has 3 rings (SSSR count). The quantitative estimate of drug-likeness (QED) is 0.894. The lowest BCUT2D eigenvalue weighted by Crippen LogP contribution is -2.19. The zero-order valence-electron chi connectivity index (χ0n) is 15.6. The monoisotopic (exact) mass is 375 g/mol. The number of rotatable bonds is 3. The highest BCUT2D eigenvalue weighted by Crippen LogP contribution is 2.30. The van der Waals surface area contributed by atoms with Gasteiger partial charge in [0.1, 0.15) is 0 Å². The maximum absolute atomic E-state index is 12.8. The van der Waals surface area contributed by atoms with Crippen LogP contribution in [0.5, 0.6) is 0 Å². The van der Waals surface area contributed by atoms with Gasteiger partial charge < -0.3 is 5.32 Å². The fraction of sp³-hybridized carbons (Fsp3) is 0.474. The van der Waals surface area contributed by atoms with Gasteiger partial charge in [0.15, 0.2) is 9.84 Å². The predicted molar refractivity (Wildman–Crippen MR) is 102 cm³/mol. The lowest BCUT2D eigenvalue weighted by atomic mass is 9.86. The molecule has 1 aromatic carbocycles. The van der Waals surface area contributed by atoms with Crippen molar-refractivity contribution in [3.63, 3.8) is 0 Å². The molecular formula is C19H25N3O3S. The molecule has 7 heteroatoms. The van der Waals surface area contributed by atoms with E-state index in [9.17, 15) is 13.2 Å².